The Morgan fingerprint density at radius 2 is 2.24 bits per heavy atom. The van der Waals surface area contributed by atoms with E-state index in [0.29, 0.717) is 10.8 Å². The van der Waals surface area contributed by atoms with Crippen LogP contribution in [-0.2, 0) is 17.8 Å². The summed E-state index contributed by atoms with van der Waals surface area (Å²) in [4.78, 5) is 20.5. The van der Waals surface area contributed by atoms with Gasteiger partial charge in [0.2, 0.25) is 0 Å². The third kappa shape index (κ3) is 3.20. The van der Waals surface area contributed by atoms with Gasteiger partial charge in [-0.25, -0.2) is 14.8 Å². The minimum absolute atomic E-state index is 0.170. The molecule has 0 aliphatic heterocycles. The average Bonchev–Trinajstić information content (AvgIpc) is 3.24. The highest BCUT2D eigenvalue weighted by molar-refractivity contribution is 7.13. The molecule has 0 bridgehead atoms. The SMILES string of the molecule is CCc1nc(COC(=O)c2csc(-c3ccco3)n2)cs1. The average molecular weight is 320 g/mol. The normalized spacial score (nSPS) is 10.7. The van der Waals surface area contributed by atoms with Crippen LogP contribution in [-0.4, -0.2) is 15.9 Å². The number of aromatic nitrogens is 2. The first-order chi connectivity index (χ1) is 10.3. The van der Waals surface area contributed by atoms with Gasteiger partial charge in [-0.1, -0.05) is 6.92 Å². The van der Waals surface area contributed by atoms with Crippen molar-refractivity contribution in [3.8, 4) is 10.8 Å². The molecule has 0 aromatic carbocycles. The summed E-state index contributed by atoms with van der Waals surface area (Å²) >= 11 is 2.92. The van der Waals surface area contributed by atoms with Crippen LogP contribution in [0.1, 0.15) is 28.1 Å². The van der Waals surface area contributed by atoms with Crippen molar-refractivity contribution < 1.29 is 13.9 Å². The van der Waals surface area contributed by atoms with Crippen molar-refractivity contribution in [2.45, 2.75) is 20.0 Å². The second-order valence-corrected chi connectivity index (χ2v) is 5.98. The first-order valence-corrected chi connectivity index (χ1v) is 8.12. The van der Waals surface area contributed by atoms with Crippen molar-refractivity contribution in [2.75, 3.05) is 0 Å². The topological polar surface area (TPSA) is 65.2 Å². The Kier molecular flexibility index (Phi) is 4.12. The van der Waals surface area contributed by atoms with Crippen LogP contribution >= 0.6 is 22.7 Å². The molecule has 3 aromatic rings. The van der Waals surface area contributed by atoms with Gasteiger partial charge in [-0.2, -0.15) is 0 Å². The van der Waals surface area contributed by atoms with E-state index in [1.807, 2.05) is 12.3 Å². The number of aryl methyl sites for hydroxylation is 1. The number of thiazole rings is 2. The highest BCUT2D eigenvalue weighted by atomic mass is 32.1. The Bertz CT molecular complexity index is 731. The van der Waals surface area contributed by atoms with Crippen molar-refractivity contribution in [1.82, 2.24) is 9.97 Å². The van der Waals surface area contributed by atoms with Crippen molar-refractivity contribution in [3.05, 3.63) is 45.6 Å². The van der Waals surface area contributed by atoms with Gasteiger partial charge in [-0.15, -0.1) is 22.7 Å². The second kappa shape index (κ2) is 6.19. The number of nitrogens with zero attached hydrogens (tertiary/aromatic N) is 2. The van der Waals surface area contributed by atoms with Crippen molar-refractivity contribution in [2.24, 2.45) is 0 Å². The van der Waals surface area contributed by atoms with Crippen LogP contribution in [0.3, 0.4) is 0 Å². The number of carbonyl (C=O) groups is 1. The monoisotopic (exact) mass is 320 g/mol. The number of furan rings is 1. The van der Waals surface area contributed by atoms with Crippen molar-refractivity contribution in [3.63, 3.8) is 0 Å². The zero-order valence-electron chi connectivity index (χ0n) is 11.2. The van der Waals surface area contributed by atoms with Crippen LogP contribution in [0.25, 0.3) is 10.8 Å². The zero-order chi connectivity index (χ0) is 14.7. The molecule has 0 fully saturated rings. The fourth-order valence-electron chi connectivity index (χ4n) is 1.67. The van der Waals surface area contributed by atoms with Crippen LogP contribution in [0.4, 0.5) is 0 Å². The summed E-state index contributed by atoms with van der Waals surface area (Å²) in [6, 6.07) is 3.58. The van der Waals surface area contributed by atoms with Gasteiger partial charge >= 0.3 is 5.97 Å². The van der Waals surface area contributed by atoms with Gasteiger partial charge in [0.15, 0.2) is 16.5 Å². The van der Waals surface area contributed by atoms with E-state index >= 15 is 0 Å². The van der Waals surface area contributed by atoms with Crippen LogP contribution in [0.15, 0.2) is 33.6 Å². The first-order valence-electron chi connectivity index (χ1n) is 6.36. The summed E-state index contributed by atoms with van der Waals surface area (Å²) in [6.45, 7) is 2.21. The molecule has 3 rings (SSSR count). The number of hydrogen-bond donors (Lipinski definition) is 0. The smallest absolute Gasteiger partial charge is 0.358 e. The summed E-state index contributed by atoms with van der Waals surface area (Å²) in [5.41, 5.74) is 1.06. The summed E-state index contributed by atoms with van der Waals surface area (Å²) in [5, 5.41) is 5.27. The second-order valence-electron chi connectivity index (χ2n) is 4.18. The summed E-state index contributed by atoms with van der Waals surface area (Å²) in [5.74, 6) is 0.196. The minimum atomic E-state index is -0.449. The van der Waals surface area contributed by atoms with Gasteiger partial charge in [-0.3, -0.25) is 0 Å². The Morgan fingerprint density at radius 1 is 1.33 bits per heavy atom. The number of ether oxygens (including phenoxy) is 1. The van der Waals surface area contributed by atoms with Crippen LogP contribution in [0, 0.1) is 0 Å². The standard InChI is InChI=1S/C14H12N2O3S2/c1-2-12-15-9(7-20-12)6-19-14(17)10-8-21-13(16-10)11-4-3-5-18-11/h3-5,7-8H,2,6H2,1H3. The van der Waals surface area contributed by atoms with Gasteiger partial charge in [0.25, 0.3) is 0 Å². The van der Waals surface area contributed by atoms with E-state index in [-0.39, 0.29) is 12.3 Å². The minimum Gasteiger partial charge on any atom is -0.462 e. The molecule has 0 spiro atoms. The van der Waals surface area contributed by atoms with Gasteiger partial charge in [0, 0.05) is 10.8 Å². The lowest BCUT2D eigenvalue weighted by Gasteiger charge is -1.99. The molecular weight excluding hydrogens is 308 g/mol. The molecule has 5 nitrogen and oxygen atoms in total. The quantitative estimate of drug-likeness (QED) is 0.669. The lowest BCUT2D eigenvalue weighted by Crippen LogP contribution is -2.05. The third-order valence-corrected chi connectivity index (χ3v) is 4.60. The van der Waals surface area contributed by atoms with E-state index in [1.54, 1.807) is 35.1 Å². The molecule has 0 saturated carbocycles. The maximum atomic E-state index is 11.9. The highest BCUT2D eigenvalue weighted by Gasteiger charge is 2.15. The van der Waals surface area contributed by atoms with E-state index in [2.05, 4.69) is 9.97 Å². The van der Waals surface area contributed by atoms with Crippen LogP contribution in [0.5, 0.6) is 0 Å². The maximum Gasteiger partial charge on any atom is 0.358 e. The zero-order valence-corrected chi connectivity index (χ0v) is 12.9. The summed E-state index contributed by atoms with van der Waals surface area (Å²) in [7, 11) is 0. The molecule has 0 unspecified atom stereocenters. The number of rotatable bonds is 5. The van der Waals surface area contributed by atoms with Crippen molar-refractivity contribution >= 4 is 28.6 Å². The van der Waals surface area contributed by atoms with Crippen LogP contribution < -0.4 is 0 Å². The highest BCUT2D eigenvalue weighted by Crippen LogP contribution is 2.24. The molecule has 0 saturated heterocycles. The first kappa shape index (κ1) is 14.0. The maximum absolute atomic E-state index is 11.9. The van der Waals surface area contributed by atoms with E-state index in [4.69, 9.17) is 9.15 Å². The molecule has 0 atom stereocenters. The van der Waals surface area contributed by atoms with Crippen molar-refractivity contribution in [1.29, 1.82) is 0 Å². The molecule has 7 heteroatoms. The third-order valence-electron chi connectivity index (χ3n) is 2.70. The molecule has 21 heavy (non-hydrogen) atoms. The molecule has 0 amide bonds. The van der Waals surface area contributed by atoms with Crippen LogP contribution in [0.2, 0.25) is 0 Å². The Morgan fingerprint density at radius 3 is 2.95 bits per heavy atom. The van der Waals surface area contributed by atoms with E-state index in [0.717, 1.165) is 17.1 Å². The van der Waals surface area contributed by atoms with Gasteiger partial charge < -0.3 is 9.15 Å². The predicted octanol–water partition coefficient (Wildman–Crippen LogP) is 3.78. The predicted molar refractivity (Wildman–Crippen MR) is 80.4 cm³/mol. The molecule has 0 radical (unpaired) electrons. The Hall–Kier alpha value is -1.99. The molecular formula is C14H12N2O3S2. The fraction of sp³-hybridized carbons (Fsp3) is 0.214. The summed E-state index contributed by atoms with van der Waals surface area (Å²) < 4.78 is 10.5. The number of carbonyl (C=O) groups excluding carboxylic acids is 1. The van der Waals surface area contributed by atoms with Gasteiger partial charge in [0.1, 0.15) is 6.61 Å². The molecule has 3 heterocycles. The molecule has 108 valence electrons. The lowest BCUT2D eigenvalue weighted by molar-refractivity contribution is 0.0462. The Balaban J connectivity index is 1.63. The molecule has 0 aliphatic carbocycles. The molecule has 0 N–H and O–H groups in total. The van der Waals surface area contributed by atoms with E-state index in [1.165, 1.54) is 11.3 Å². The molecule has 3 aromatic heterocycles. The fourth-order valence-corrected chi connectivity index (χ4v) is 3.16. The van der Waals surface area contributed by atoms with Gasteiger partial charge in [-0.05, 0) is 18.6 Å². The van der Waals surface area contributed by atoms with E-state index in [9.17, 15) is 4.79 Å². The summed E-state index contributed by atoms with van der Waals surface area (Å²) in [6.07, 6.45) is 2.46. The number of hydrogen-bond acceptors (Lipinski definition) is 7. The largest absolute Gasteiger partial charge is 0.462 e. The number of esters is 1. The van der Waals surface area contributed by atoms with E-state index < -0.39 is 5.97 Å². The lowest BCUT2D eigenvalue weighted by atomic mass is 10.4. The molecule has 0 aliphatic rings. The Labute approximate surface area is 129 Å². The van der Waals surface area contributed by atoms with Gasteiger partial charge in [0.05, 0.1) is 17.0 Å².